The zero-order valence-electron chi connectivity index (χ0n) is 11.3. The summed E-state index contributed by atoms with van der Waals surface area (Å²) in [4.78, 5) is 6.97. The van der Waals surface area contributed by atoms with E-state index in [0.29, 0.717) is 12.0 Å². The lowest BCUT2D eigenvalue weighted by Gasteiger charge is -2.33. The van der Waals surface area contributed by atoms with Gasteiger partial charge in [0.25, 0.3) is 0 Å². The second-order valence-electron chi connectivity index (χ2n) is 4.85. The lowest BCUT2D eigenvalue weighted by atomic mass is 10.1. The molecule has 0 N–H and O–H groups in total. The van der Waals surface area contributed by atoms with Crippen molar-refractivity contribution in [2.24, 2.45) is 5.92 Å². The van der Waals surface area contributed by atoms with E-state index in [9.17, 15) is 0 Å². The fourth-order valence-corrected chi connectivity index (χ4v) is 2.32. The number of anilines is 1. The fourth-order valence-electron chi connectivity index (χ4n) is 2.09. The number of rotatable bonds is 6. The molecule has 0 radical (unpaired) electrons. The molecule has 0 aliphatic heterocycles. The molecule has 0 saturated carbocycles. The maximum atomic E-state index is 4.53. The Morgan fingerprint density at radius 1 is 1.24 bits per heavy atom. The Hall–Kier alpha value is -0.570. The highest BCUT2D eigenvalue weighted by Gasteiger charge is 2.17. The van der Waals surface area contributed by atoms with Crippen molar-refractivity contribution >= 4 is 21.7 Å². The normalized spacial score (nSPS) is 11.2. The Morgan fingerprint density at radius 3 is 2.29 bits per heavy atom. The minimum atomic E-state index is 0.589. The average Bonchev–Trinajstić information content (AvgIpc) is 2.30. The van der Waals surface area contributed by atoms with Gasteiger partial charge in [-0.15, -0.1) is 0 Å². The first kappa shape index (κ1) is 14.5. The van der Waals surface area contributed by atoms with Gasteiger partial charge >= 0.3 is 0 Å². The number of nitrogens with zero attached hydrogens (tertiary/aromatic N) is 2. The first-order valence-electron chi connectivity index (χ1n) is 6.46. The predicted octanol–water partition coefficient (Wildman–Crippen LogP) is 4.50. The van der Waals surface area contributed by atoms with Crippen molar-refractivity contribution < 1.29 is 0 Å². The summed E-state index contributed by atoms with van der Waals surface area (Å²) in [5.41, 5.74) is 0. The first-order valence-corrected chi connectivity index (χ1v) is 7.25. The maximum absolute atomic E-state index is 4.53. The number of hydrogen-bond acceptors (Lipinski definition) is 2. The Bertz CT molecular complexity index is 317. The second kappa shape index (κ2) is 7.00. The molecule has 0 bridgehead atoms. The van der Waals surface area contributed by atoms with E-state index in [1.807, 2.05) is 6.20 Å². The zero-order chi connectivity index (χ0) is 12.8. The van der Waals surface area contributed by atoms with Gasteiger partial charge < -0.3 is 4.90 Å². The molecule has 0 spiro atoms. The van der Waals surface area contributed by atoms with E-state index in [4.69, 9.17) is 0 Å². The summed E-state index contributed by atoms with van der Waals surface area (Å²) in [6.45, 7) is 10.1. The van der Waals surface area contributed by atoms with Crippen LogP contribution in [-0.4, -0.2) is 17.6 Å². The molecule has 1 heterocycles. The van der Waals surface area contributed by atoms with Crippen LogP contribution < -0.4 is 4.90 Å². The minimum Gasteiger partial charge on any atom is -0.353 e. The Morgan fingerprint density at radius 2 is 1.88 bits per heavy atom. The largest absolute Gasteiger partial charge is 0.353 e. The van der Waals surface area contributed by atoms with Crippen molar-refractivity contribution in [2.45, 2.75) is 46.6 Å². The number of aromatic nitrogens is 1. The van der Waals surface area contributed by atoms with Crippen LogP contribution >= 0.6 is 15.9 Å². The van der Waals surface area contributed by atoms with E-state index in [1.165, 1.54) is 12.8 Å². The molecule has 0 unspecified atom stereocenters. The van der Waals surface area contributed by atoms with Crippen LogP contribution in [0.1, 0.15) is 40.5 Å². The van der Waals surface area contributed by atoms with Crippen LogP contribution in [0.25, 0.3) is 0 Å². The quantitative estimate of drug-likeness (QED) is 0.769. The van der Waals surface area contributed by atoms with Crippen LogP contribution in [0.2, 0.25) is 0 Å². The van der Waals surface area contributed by atoms with E-state index in [-0.39, 0.29) is 0 Å². The van der Waals surface area contributed by atoms with E-state index in [2.05, 4.69) is 65.6 Å². The van der Waals surface area contributed by atoms with Crippen LogP contribution in [0, 0.1) is 5.92 Å². The molecule has 0 aliphatic rings. The molecule has 1 aromatic rings. The van der Waals surface area contributed by atoms with E-state index >= 15 is 0 Å². The van der Waals surface area contributed by atoms with Crippen molar-refractivity contribution in [1.82, 2.24) is 4.98 Å². The number of pyridine rings is 1. The van der Waals surface area contributed by atoms with Gasteiger partial charge in [-0.05, 0) is 46.8 Å². The Kier molecular flexibility index (Phi) is 5.96. The minimum absolute atomic E-state index is 0.589. The third-order valence-corrected chi connectivity index (χ3v) is 3.42. The van der Waals surface area contributed by atoms with E-state index in [1.54, 1.807) is 0 Å². The van der Waals surface area contributed by atoms with Crippen LogP contribution in [0.5, 0.6) is 0 Å². The fraction of sp³-hybridized carbons (Fsp3) is 0.643. The molecule has 96 valence electrons. The van der Waals surface area contributed by atoms with Crippen molar-refractivity contribution in [3.05, 3.63) is 22.8 Å². The smallest absolute Gasteiger partial charge is 0.128 e. The van der Waals surface area contributed by atoms with Gasteiger partial charge in [0, 0.05) is 23.3 Å². The molecule has 3 heteroatoms. The molecular formula is C14H23BrN2. The summed E-state index contributed by atoms with van der Waals surface area (Å²) in [5, 5.41) is 0. The molecule has 0 saturated heterocycles. The van der Waals surface area contributed by atoms with Gasteiger partial charge in [-0.3, -0.25) is 0 Å². The highest BCUT2D eigenvalue weighted by atomic mass is 79.9. The monoisotopic (exact) mass is 298 g/mol. The molecular weight excluding hydrogens is 276 g/mol. The molecule has 1 rings (SSSR count). The molecule has 1 aromatic heterocycles. The highest BCUT2D eigenvalue weighted by molar-refractivity contribution is 9.10. The van der Waals surface area contributed by atoms with Gasteiger partial charge in [-0.1, -0.05) is 27.7 Å². The third-order valence-electron chi connectivity index (χ3n) is 2.95. The molecule has 0 amide bonds. The SMILES string of the molecule is CCC(CC)N(CC(C)C)c1ccc(Br)cn1. The standard InChI is InChI=1S/C14H23BrN2/c1-5-13(6-2)17(10-11(3)4)14-8-7-12(15)9-16-14/h7-9,11,13H,5-6,10H2,1-4H3. The van der Waals surface area contributed by atoms with Gasteiger partial charge in [0.2, 0.25) is 0 Å². The molecule has 0 fully saturated rings. The number of hydrogen-bond donors (Lipinski definition) is 0. The summed E-state index contributed by atoms with van der Waals surface area (Å²) in [6.07, 6.45) is 4.22. The first-order chi connectivity index (χ1) is 8.08. The van der Waals surface area contributed by atoms with Gasteiger partial charge in [0.15, 0.2) is 0 Å². The highest BCUT2D eigenvalue weighted by Crippen LogP contribution is 2.21. The van der Waals surface area contributed by atoms with Gasteiger partial charge in [0.1, 0.15) is 5.82 Å². The molecule has 2 nitrogen and oxygen atoms in total. The van der Waals surface area contributed by atoms with Gasteiger partial charge in [-0.2, -0.15) is 0 Å². The average molecular weight is 299 g/mol. The molecule has 0 atom stereocenters. The molecule has 17 heavy (non-hydrogen) atoms. The van der Waals surface area contributed by atoms with E-state index < -0.39 is 0 Å². The maximum Gasteiger partial charge on any atom is 0.128 e. The summed E-state index contributed by atoms with van der Waals surface area (Å²) >= 11 is 3.44. The van der Waals surface area contributed by atoms with Crippen molar-refractivity contribution in [3.8, 4) is 0 Å². The lowest BCUT2D eigenvalue weighted by Crippen LogP contribution is -2.37. The van der Waals surface area contributed by atoms with Gasteiger partial charge in [0.05, 0.1) is 0 Å². The lowest BCUT2D eigenvalue weighted by molar-refractivity contribution is 0.503. The topological polar surface area (TPSA) is 16.1 Å². The number of halogens is 1. The molecule has 0 aliphatic carbocycles. The third kappa shape index (κ3) is 4.30. The van der Waals surface area contributed by atoms with Crippen LogP contribution in [0.3, 0.4) is 0 Å². The summed E-state index contributed by atoms with van der Waals surface area (Å²) in [7, 11) is 0. The van der Waals surface area contributed by atoms with Crippen molar-refractivity contribution in [1.29, 1.82) is 0 Å². The van der Waals surface area contributed by atoms with Crippen molar-refractivity contribution in [3.63, 3.8) is 0 Å². The Balaban J connectivity index is 2.92. The predicted molar refractivity (Wildman–Crippen MR) is 78.5 cm³/mol. The van der Waals surface area contributed by atoms with Crippen LogP contribution in [0.15, 0.2) is 22.8 Å². The van der Waals surface area contributed by atoms with Crippen molar-refractivity contribution in [2.75, 3.05) is 11.4 Å². The summed E-state index contributed by atoms with van der Waals surface area (Å²) < 4.78 is 1.04. The molecule has 0 aromatic carbocycles. The summed E-state index contributed by atoms with van der Waals surface area (Å²) in [6, 6.07) is 4.76. The van der Waals surface area contributed by atoms with Crippen LogP contribution in [-0.2, 0) is 0 Å². The summed E-state index contributed by atoms with van der Waals surface area (Å²) in [5.74, 6) is 1.75. The van der Waals surface area contributed by atoms with E-state index in [0.717, 1.165) is 16.8 Å². The van der Waals surface area contributed by atoms with Gasteiger partial charge in [-0.25, -0.2) is 4.98 Å². The second-order valence-corrected chi connectivity index (χ2v) is 5.77. The Labute approximate surface area is 114 Å². The zero-order valence-corrected chi connectivity index (χ0v) is 12.9. The van der Waals surface area contributed by atoms with Crippen LogP contribution in [0.4, 0.5) is 5.82 Å².